The van der Waals surface area contributed by atoms with E-state index in [9.17, 15) is 24.5 Å². The molecule has 0 aliphatic carbocycles. The lowest BCUT2D eigenvalue weighted by Crippen LogP contribution is -2.49. The van der Waals surface area contributed by atoms with Gasteiger partial charge in [-0.1, -0.05) is 187 Å². The van der Waals surface area contributed by atoms with Crippen LogP contribution in [0.2, 0.25) is 0 Å². The van der Waals surface area contributed by atoms with Gasteiger partial charge in [0.05, 0.1) is 40.4 Å². The second-order valence-corrected chi connectivity index (χ2v) is 19.4. The van der Waals surface area contributed by atoms with Crippen molar-refractivity contribution < 1.29 is 47.5 Å². The van der Waals surface area contributed by atoms with Crippen molar-refractivity contribution in [2.45, 2.75) is 231 Å². The highest BCUT2D eigenvalue weighted by Gasteiger charge is 2.39. The largest absolute Gasteiger partial charge is 0.472 e. The molecule has 1 saturated heterocycles. The Bertz CT molecular complexity index is 1040. The number of aliphatic hydroxyl groups excluding tert-OH is 2. The highest BCUT2D eigenvalue weighted by molar-refractivity contribution is 7.47. The van der Waals surface area contributed by atoms with Gasteiger partial charge >= 0.3 is 7.82 Å². The molecule has 1 heterocycles. The molecule has 344 valence electrons. The maximum atomic E-state index is 13.3. The Morgan fingerprint density at radius 1 is 0.724 bits per heavy atom. The van der Waals surface area contributed by atoms with Crippen LogP contribution >= 0.6 is 7.82 Å². The van der Waals surface area contributed by atoms with Crippen LogP contribution in [-0.2, 0) is 27.9 Å². The minimum atomic E-state index is -4.45. The summed E-state index contributed by atoms with van der Waals surface area (Å²) < 4.78 is 35.9. The van der Waals surface area contributed by atoms with Crippen LogP contribution in [0.3, 0.4) is 0 Å². The summed E-state index contributed by atoms with van der Waals surface area (Å²) in [5.74, 6) is -0.210. The number of rotatable bonds is 41. The van der Waals surface area contributed by atoms with Gasteiger partial charge in [0, 0.05) is 6.42 Å². The molecule has 0 spiro atoms. The molecule has 11 nitrogen and oxygen atoms in total. The Kier molecular flexibility index (Phi) is 33.9. The van der Waals surface area contributed by atoms with Crippen LogP contribution in [0.25, 0.3) is 0 Å². The number of amides is 1. The smallest absolute Gasteiger partial charge is 0.388 e. The average Bonchev–Trinajstić information content (AvgIpc) is 3.49. The number of likely N-dealkylation sites (N-methyl/N-ethyl adjacent to an activating group) is 1. The minimum absolute atomic E-state index is 0.0202. The van der Waals surface area contributed by atoms with Crippen molar-refractivity contribution in [3.05, 3.63) is 12.2 Å². The molecular weight excluding hydrogens is 755 g/mol. The van der Waals surface area contributed by atoms with Crippen LogP contribution in [0.1, 0.15) is 200 Å². The zero-order valence-corrected chi connectivity index (χ0v) is 39.0. The Morgan fingerprint density at radius 3 is 1.60 bits per heavy atom. The summed E-state index contributed by atoms with van der Waals surface area (Å²) in [6, 6.07) is -0.877. The molecule has 0 aromatic heterocycles. The molecule has 0 bridgehead atoms. The lowest BCUT2D eigenvalue weighted by molar-refractivity contribution is -0.870. The summed E-state index contributed by atoms with van der Waals surface area (Å²) in [6.07, 6.45) is 34.3. The van der Waals surface area contributed by atoms with Gasteiger partial charge in [-0.15, -0.1) is 0 Å². The molecule has 0 radical (unpaired) electrons. The van der Waals surface area contributed by atoms with Crippen molar-refractivity contribution >= 4 is 13.7 Å². The van der Waals surface area contributed by atoms with Crippen molar-refractivity contribution in [2.24, 2.45) is 0 Å². The topological polar surface area (TPSA) is 144 Å². The zero-order valence-electron chi connectivity index (χ0n) is 38.1. The van der Waals surface area contributed by atoms with Crippen LogP contribution in [0, 0.1) is 0 Å². The first-order valence-electron chi connectivity index (χ1n) is 23.9. The van der Waals surface area contributed by atoms with Gasteiger partial charge in [0.1, 0.15) is 31.5 Å². The van der Waals surface area contributed by atoms with E-state index in [0.717, 1.165) is 38.5 Å². The molecule has 1 aliphatic rings. The number of nitrogens with one attached hydrogen (secondary N) is 1. The molecule has 0 aromatic rings. The van der Waals surface area contributed by atoms with Crippen LogP contribution in [0.15, 0.2) is 12.2 Å². The molecule has 1 rings (SSSR count). The highest BCUT2D eigenvalue weighted by atomic mass is 31.2. The Morgan fingerprint density at radius 2 is 1.17 bits per heavy atom. The van der Waals surface area contributed by atoms with E-state index in [1.807, 2.05) is 27.2 Å². The average molecular weight is 848 g/mol. The van der Waals surface area contributed by atoms with Gasteiger partial charge in [0.2, 0.25) is 5.91 Å². The predicted molar refractivity (Wildman–Crippen MR) is 238 cm³/mol. The van der Waals surface area contributed by atoms with Crippen LogP contribution < -0.4 is 5.32 Å². The molecule has 12 heteroatoms. The van der Waals surface area contributed by atoms with E-state index in [0.29, 0.717) is 17.4 Å². The second kappa shape index (κ2) is 35.7. The number of ether oxygens (including phenoxy) is 2. The van der Waals surface area contributed by atoms with Crippen molar-refractivity contribution in [1.29, 1.82) is 0 Å². The van der Waals surface area contributed by atoms with Gasteiger partial charge in [-0.3, -0.25) is 13.8 Å². The number of carbonyl (C=O) groups is 1. The predicted octanol–water partition coefficient (Wildman–Crippen LogP) is 10.7. The van der Waals surface area contributed by atoms with Gasteiger partial charge in [-0.25, -0.2) is 4.57 Å². The summed E-state index contributed by atoms with van der Waals surface area (Å²) >= 11 is 0. The first-order valence-corrected chi connectivity index (χ1v) is 25.4. The normalized spacial score (nSPS) is 19.5. The summed E-state index contributed by atoms with van der Waals surface area (Å²) in [7, 11) is 1.42. The maximum absolute atomic E-state index is 13.3. The van der Waals surface area contributed by atoms with Gasteiger partial charge in [-0.2, -0.15) is 0 Å². The lowest BCUT2D eigenvalue weighted by Gasteiger charge is -2.30. The van der Waals surface area contributed by atoms with Gasteiger partial charge < -0.3 is 34.4 Å². The third kappa shape index (κ3) is 31.9. The molecule has 0 aromatic carbocycles. The van der Waals surface area contributed by atoms with E-state index in [-0.39, 0.29) is 25.7 Å². The third-order valence-electron chi connectivity index (χ3n) is 11.1. The van der Waals surface area contributed by atoms with Crippen LogP contribution in [-0.4, -0.2) is 104 Å². The van der Waals surface area contributed by atoms with Crippen LogP contribution in [0.4, 0.5) is 0 Å². The van der Waals surface area contributed by atoms with E-state index >= 15 is 0 Å². The number of phosphoric acid groups is 1. The Balaban J connectivity index is 2.68. The molecule has 58 heavy (non-hydrogen) atoms. The van der Waals surface area contributed by atoms with Gasteiger partial charge in [0.15, 0.2) is 6.29 Å². The number of aliphatic hydroxyl groups is 2. The number of unbranched alkanes of at least 4 members (excludes halogenated alkanes) is 26. The number of phosphoric ester groups is 1. The van der Waals surface area contributed by atoms with Gasteiger partial charge in [0.25, 0.3) is 0 Å². The summed E-state index contributed by atoms with van der Waals surface area (Å²) in [5.41, 5.74) is 0. The Hall–Kier alpha value is -0.880. The fourth-order valence-corrected chi connectivity index (χ4v) is 7.99. The number of hydrogen-bond donors (Lipinski definition) is 4. The molecule has 1 aliphatic heterocycles. The van der Waals surface area contributed by atoms with Crippen molar-refractivity contribution in [3.8, 4) is 0 Å². The number of hydrogen-bond acceptors (Lipinski definition) is 8. The monoisotopic (exact) mass is 848 g/mol. The highest BCUT2D eigenvalue weighted by Crippen LogP contribution is 2.43. The molecular formula is C46H92N2O9P+. The van der Waals surface area contributed by atoms with Crippen molar-refractivity contribution in [3.63, 3.8) is 0 Å². The second-order valence-electron chi connectivity index (χ2n) is 18.0. The first kappa shape index (κ1) is 55.1. The zero-order chi connectivity index (χ0) is 42.7. The molecule has 6 atom stereocenters. The lowest BCUT2D eigenvalue weighted by atomic mass is 10.0. The minimum Gasteiger partial charge on any atom is -0.388 e. The van der Waals surface area contributed by atoms with Crippen molar-refractivity contribution in [1.82, 2.24) is 5.32 Å². The molecule has 4 N–H and O–H groups in total. The van der Waals surface area contributed by atoms with E-state index in [4.69, 9.17) is 18.5 Å². The first-order chi connectivity index (χ1) is 27.9. The SMILES string of the molecule is CCCCCCCCCCCCC/C=C/C(O[C@H]1OC[C@@H](O)[C@H]1O)C(COP(=O)(O)OCC[N+](C)(C)C)NC(=O)CCCCCCCCCCCCCCCCCC. The molecule has 1 amide bonds. The number of nitrogens with zero attached hydrogens (tertiary/aromatic N) is 1. The third-order valence-corrected chi connectivity index (χ3v) is 12.1. The molecule has 0 saturated carbocycles. The van der Waals surface area contributed by atoms with Gasteiger partial charge in [-0.05, 0) is 19.3 Å². The fraction of sp³-hybridized carbons (Fsp3) is 0.935. The van der Waals surface area contributed by atoms with Crippen molar-refractivity contribution in [2.75, 3.05) is 47.5 Å². The number of carbonyl (C=O) groups excluding carboxylic acids is 1. The quantitative estimate of drug-likeness (QED) is 0.0205. The fourth-order valence-electron chi connectivity index (χ4n) is 7.25. The summed E-state index contributed by atoms with van der Waals surface area (Å²) in [4.78, 5) is 23.9. The van der Waals surface area contributed by atoms with E-state index in [2.05, 4.69) is 19.2 Å². The Labute approximate surface area is 356 Å². The molecule has 3 unspecified atom stereocenters. The maximum Gasteiger partial charge on any atom is 0.472 e. The van der Waals surface area contributed by atoms with E-state index < -0.39 is 38.5 Å². The number of quaternary nitrogens is 1. The van der Waals surface area contributed by atoms with Crippen LogP contribution in [0.5, 0.6) is 0 Å². The summed E-state index contributed by atoms with van der Waals surface area (Å²) in [6.45, 7) is 4.59. The van der Waals surface area contributed by atoms with E-state index in [1.54, 1.807) is 6.08 Å². The number of allylic oxidation sites excluding steroid dienone is 1. The van der Waals surface area contributed by atoms with E-state index in [1.165, 1.54) is 141 Å². The molecule has 1 fully saturated rings. The summed E-state index contributed by atoms with van der Waals surface area (Å²) in [5, 5.41) is 23.7. The standard InChI is InChI=1S/C46H91N2O9P/c1-6-8-10-12-14-16-18-20-21-22-24-26-28-30-32-34-36-44(50)47-41(39-56-58(52,53)55-38-37-48(3,4)5)43(57-46-45(51)42(49)40-54-46)35-33-31-29-27-25-23-19-17-15-13-11-9-7-2/h33,35,41-43,45-46,49,51H,6-32,34,36-40H2,1-5H3,(H-,47,50,52,53)/p+1/b35-33+/t41?,42-,43?,45-,46-/m1/s1.